The number of carbonyl (C=O) groups is 2. The predicted octanol–water partition coefficient (Wildman–Crippen LogP) is 6.30. The molecule has 8 heteroatoms. The Bertz CT molecular complexity index is 1600. The highest BCUT2D eigenvalue weighted by atomic mass is 16.6. The molecule has 1 fully saturated rings. The third kappa shape index (κ3) is 4.17. The van der Waals surface area contributed by atoms with E-state index in [1.54, 1.807) is 0 Å². The van der Waals surface area contributed by atoms with Crippen molar-refractivity contribution >= 4 is 29.2 Å². The van der Waals surface area contributed by atoms with Gasteiger partial charge in [0.1, 0.15) is 11.4 Å². The van der Waals surface area contributed by atoms with Gasteiger partial charge < -0.3 is 10.1 Å². The zero-order valence-electron chi connectivity index (χ0n) is 24.1. The maximum absolute atomic E-state index is 13.9. The summed E-state index contributed by atoms with van der Waals surface area (Å²) in [6.07, 6.45) is 0.0383. The number of hydrogen-bond donors (Lipinski definition) is 1. The molecule has 0 saturated heterocycles. The van der Waals surface area contributed by atoms with Crippen LogP contribution in [-0.4, -0.2) is 33.6 Å². The first-order valence-electron chi connectivity index (χ1n) is 13.9. The molecule has 0 bridgehead atoms. The van der Waals surface area contributed by atoms with Crippen LogP contribution in [0.2, 0.25) is 0 Å². The van der Waals surface area contributed by atoms with E-state index >= 15 is 0 Å². The Balaban J connectivity index is 1.28. The number of ether oxygens (including phenoxy) is 1. The van der Waals surface area contributed by atoms with E-state index in [-0.39, 0.29) is 17.7 Å². The lowest BCUT2D eigenvalue weighted by Crippen LogP contribution is -2.41. The van der Waals surface area contributed by atoms with Gasteiger partial charge in [0.15, 0.2) is 0 Å². The van der Waals surface area contributed by atoms with Crippen LogP contribution in [0.1, 0.15) is 92.1 Å². The summed E-state index contributed by atoms with van der Waals surface area (Å²) >= 11 is 0. The van der Waals surface area contributed by atoms with Crippen LogP contribution in [-0.2, 0) is 21.5 Å². The van der Waals surface area contributed by atoms with Crippen molar-refractivity contribution in [3.8, 4) is 0 Å². The van der Waals surface area contributed by atoms with E-state index in [4.69, 9.17) is 9.73 Å². The Morgan fingerprint density at radius 3 is 2.60 bits per heavy atom. The summed E-state index contributed by atoms with van der Waals surface area (Å²) in [4.78, 5) is 33.1. The van der Waals surface area contributed by atoms with Crippen LogP contribution in [0.5, 0.6) is 0 Å². The van der Waals surface area contributed by atoms with Crippen molar-refractivity contribution in [3.05, 3.63) is 81.7 Å². The predicted molar refractivity (Wildman–Crippen MR) is 155 cm³/mol. The lowest BCUT2D eigenvalue weighted by Gasteiger charge is -2.24. The SMILES string of the molecule is Cc1ccc2c(c1)[C@]1(C[C@H]1c1ccc3c(c1)CN=C3Nc1cc(C(C)C)nnc1C)C(=O)N2C(=O)OC(C)(C)C. The number of hydrogen-bond acceptors (Lipinski definition) is 7. The first kappa shape index (κ1) is 26.2. The van der Waals surface area contributed by atoms with E-state index in [1.807, 2.05) is 58.9 Å². The smallest absolute Gasteiger partial charge is 0.421 e. The van der Waals surface area contributed by atoms with Gasteiger partial charge in [-0.15, -0.1) is 0 Å². The molecule has 1 spiro atoms. The number of anilines is 2. The molecule has 1 saturated carbocycles. The van der Waals surface area contributed by atoms with Crippen molar-refractivity contribution in [3.63, 3.8) is 0 Å². The summed E-state index contributed by atoms with van der Waals surface area (Å²) in [5.41, 5.74) is 7.05. The maximum Gasteiger partial charge on any atom is 0.421 e. The number of benzene rings is 2. The molecule has 2 aromatic carbocycles. The molecular weight excluding hydrogens is 502 g/mol. The van der Waals surface area contributed by atoms with Crippen LogP contribution in [0, 0.1) is 13.8 Å². The highest BCUT2D eigenvalue weighted by Gasteiger charge is 2.68. The number of amidine groups is 1. The van der Waals surface area contributed by atoms with Gasteiger partial charge in [0.2, 0.25) is 5.91 Å². The summed E-state index contributed by atoms with van der Waals surface area (Å²) < 4.78 is 5.63. The third-order valence-electron chi connectivity index (χ3n) is 8.03. The number of amides is 2. The number of fused-ring (bicyclic) bond motifs is 3. The van der Waals surface area contributed by atoms with Crippen molar-refractivity contribution in [1.29, 1.82) is 0 Å². The van der Waals surface area contributed by atoms with Gasteiger partial charge in [-0.3, -0.25) is 9.79 Å². The number of carbonyl (C=O) groups excluding carboxylic acids is 2. The maximum atomic E-state index is 13.9. The summed E-state index contributed by atoms with van der Waals surface area (Å²) in [6, 6.07) is 14.2. The summed E-state index contributed by atoms with van der Waals surface area (Å²) in [5, 5.41) is 12.1. The van der Waals surface area contributed by atoms with Gasteiger partial charge in [0.25, 0.3) is 0 Å². The van der Waals surface area contributed by atoms with Crippen LogP contribution in [0.25, 0.3) is 0 Å². The third-order valence-corrected chi connectivity index (χ3v) is 8.03. The second-order valence-electron chi connectivity index (χ2n) is 12.5. The average Bonchev–Trinajstić information content (AvgIpc) is 3.45. The zero-order valence-corrected chi connectivity index (χ0v) is 24.1. The van der Waals surface area contributed by atoms with Crippen molar-refractivity contribution in [1.82, 2.24) is 10.2 Å². The normalized spacial score (nSPS) is 21.0. The number of imide groups is 1. The van der Waals surface area contributed by atoms with Crippen molar-refractivity contribution < 1.29 is 14.3 Å². The molecule has 3 heterocycles. The van der Waals surface area contributed by atoms with Crippen molar-refractivity contribution in [2.45, 2.75) is 84.3 Å². The number of aliphatic imine (C=N–C) groups is 1. The highest BCUT2D eigenvalue weighted by Crippen LogP contribution is 2.66. The van der Waals surface area contributed by atoms with E-state index in [9.17, 15) is 9.59 Å². The lowest BCUT2D eigenvalue weighted by molar-refractivity contribution is -0.120. The van der Waals surface area contributed by atoms with Crippen LogP contribution in [0.3, 0.4) is 0 Å². The Labute approximate surface area is 234 Å². The van der Waals surface area contributed by atoms with Crippen molar-refractivity contribution in [2.24, 2.45) is 4.99 Å². The molecule has 1 N–H and O–H groups in total. The molecule has 0 radical (unpaired) electrons. The summed E-state index contributed by atoms with van der Waals surface area (Å²) in [7, 11) is 0. The Kier molecular flexibility index (Phi) is 5.87. The fourth-order valence-electron chi connectivity index (χ4n) is 5.87. The molecule has 0 unspecified atom stereocenters. The van der Waals surface area contributed by atoms with Gasteiger partial charge in [-0.2, -0.15) is 10.2 Å². The van der Waals surface area contributed by atoms with Crippen LogP contribution < -0.4 is 10.2 Å². The fraction of sp³-hybridized carbons (Fsp3) is 0.406. The molecule has 1 aliphatic carbocycles. The zero-order chi connectivity index (χ0) is 28.6. The molecule has 3 aromatic rings. The molecule has 2 aliphatic heterocycles. The van der Waals surface area contributed by atoms with Gasteiger partial charge in [0.05, 0.1) is 34.7 Å². The molecule has 3 aliphatic rings. The first-order valence-corrected chi connectivity index (χ1v) is 13.9. The molecule has 2 atom stereocenters. The second-order valence-corrected chi connectivity index (χ2v) is 12.5. The van der Waals surface area contributed by atoms with Gasteiger partial charge >= 0.3 is 6.09 Å². The Morgan fingerprint density at radius 2 is 1.88 bits per heavy atom. The Hall–Kier alpha value is -4.07. The number of rotatable bonds is 3. The lowest BCUT2D eigenvalue weighted by atomic mass is 9.90. The van der Waals surface area contributed by atoms with Crippen LogP contribution in [0.15, 0.2) is 47.5 Å². The van der Waals surface area contributed by atoms with Crippen molar-refractivity contribution in [2.75, 3.05) is 10.2 Å². The molecule has 2 amide bonds. The number of aromatic nitrogens is 2. The first-order chi connectivity index (χ1) is 18.9. The van der Waals surface area contributed by atoms with Gasteiger partial charge in [-0.05, 0) is 75.8 Å². The molecule has 206 valence electrons. The number of nitrogens with zero attached hydrogens (tertiary/aromatic N) is 4. The second kappa shape index (κ2) is 8.98. The largest absolute Gasteiger partial charge is 0.443 e. The van der Waals surface area contributed by atoms with Gasteiger partial charge in [-0.25, -0.2) is 9.69 Å². The van der Waals surface area contributed by atoms with Crippen LogP contribution in [0.4, 0.5) is 16.2 Å². The molecule has 1 aromatic heterocycles. The topological polar surface area (TPSA) is 96.8 Å². The quantitative estimate of drug-likeness (QED) is 0.421. The highest BCUT2D eigenvalue weighted by molar-refractivity contribution is 6.23. The number of aryl methyl sites for hydroxylation is 2. The average molecular weight is 538 g/mol. The minimum atomic E-state index is -0.750. The van der Waals surface area contributed by atoms with E-state index in [0.29, 0.717) is 18.7 Å². The summed E-state index contributed by atoms with van der Waals surface area (Å²) in [6.45, 7) is 14.1. The minimum Gasteiger partial charge on any atom is -0.443 e. The van der Waals surface area contributed by atoms with Gasteiger partial charge in [-0.1, -0.05) is 49.7 Å². The fourth-order valence-corrected chi connectivity index (χ4v) is 5.87. The van der Waals surface area contributed by atoms with E-state index < -0.39 is 17.1 Å². The summed E-state index contributed by atoms with van der Waals surface area (Å²) in [5.74, 6) is 0.869. The van der Waals surface area contributed by atoms with Crippen LogP contribution >= 0.6 is 0 Å². The Morgan fingerprint density at radius 1 is 1.10 bits per heavy atom. The molecule has 8 nitrogen and oxygen atoms in total. The van der Waals surface area contributed by atoms with E-state index in [0.717, 1.165) is 50.7 Å². The van der Waals surface area contributed by atoms with Gasteiger partial charge in [0, 0.05) is 11.5 Å². The minimum absolute atomic E-state index is 0.0180. The molecule has 40 heavy (non-hydrogen) atoms. The molecule has 6 rings (SSSR count). The monoisotopic (exact) mass is 537 g/mol. The standard InChI is InChI=1S/C32H35N5O3/c1-17(2)25-14-26(19(4)35-36-25)34-28-22-10-9-20(13-21(22)16-33-28)24-15-32(24)23-12-18(3)8-11-27(23)37(29(32)38)30(39)40-31(5,6)7/h8-14,17,24H,15-16H2,1-7H3,(H,33,34,36)/t24-,32-/m0/s1. The molecular formula is C32H35N5O3. The number of nitrogens with one attached hydrogen (secondary N) is 1. The van der Waals surface area contributed by atoms with E-state index in [2.05, 4.69) is 47.6 Å². The van der Waals surface area contributed by atoms with E-state index in [1.165, 1.54) is 4.90 Å².